The molecule has 6 N–H and O–H groups in total. The molecule has 0 aromatic heterocycles. The average molecular weight is 1570 g/mol. The summed E-state index contributed by atoms with van der Waals surface area (Å²) in [5.41, 5.74) is 0. The Bertz CT molecular complexity index is 2120. The van der Waals surface area contributed by atoms with Crippen LogP contribution in [-0.2, 0) is 65.4 Å². The summed E-state index contributed by atoms with van der Waals surface area (Å²) >= 11 is 0. The van der Waals surface area contributed by atoms with E-state index < -0.39 is 33.8 Å². The summed E-state index contributed by atoms with van der Waals surface area (Å²) in [6.07, 6.45) is 60.3. The molecule has 0 aliphatic heterocycles. The first-order valence-corrected chi connectivity index (χ1v) is 47.4. The van der Waals surface area contributed by atoms with E-state index in [1.807, 2.05) is 0 Å². The van der Waals surface area contributed by atoms with Crippen molar-refractivity contribution in [3.63, 3.8) is 0 Å². The highest BCUT2D eigenvalue weighted by molar-refractivity contribution is 7.47. The van der Waals surface area contributed by atoms with Gasteiger partial charge in [-0.15, -0.1) is 0 Å². The predicted octanol–water partition coefficient (Wildman–Crippen LogP) is 22.5. The number of phosphoric acid groups is 2. The molecule has 0 aromatic rings. The topological polar surface area (TPSA) is 282 Å². The van der Waals surface area contributed by atoms with Crippen molar-refractivity contribution in [3.8, 4) is 0 Å². The third kappa shape index (κ3) is 75.7. The number of amides is 4. The summed E-state index contributed by atoms with van der Waals surface area (Å²) in [7, 11) is -9.31. The van der Waals surface area contributed by atoms with Gasteiger partial charge in [0.05, 0.1) is 64.9 Å². The van der Waals surface area contributed by atoms with Crippen molar-refractivity contribution in [3.05, 3.63) is 0 Å². The van der Waals surface area contributed by atoms with Crippen LogP contribution < -0.4 is 21.3 Å². The van der Waals surface area contributed by atoms with Gasteiger partial charge in [-0.25, -0.2) is 13.9 Å². The van der Waals surface area contributed by atoms with Gasteiger partial charge in [0.2, 0.25) is 11.8 Å². The first kappa shape index (κ1) is 104. The number of urea groups is 1. The quantitative estimate of drug-likeness (QED) is 0.0187. The summed E-state index contributed by atoms with van der Waals surface area (Å²) < 4.78 is 71.8. The molecule has 107 heavy (non-hydrogen) atoms. The molecule has 23 heteroatoms. The van der Waals surface area contributed by atoms with Crippen LogP contribution in [-0.4, -0.2) is 130 Å². The number of esters is 2. The largest absolute Gasteiger partial charge is 0.472 e. The number of phosphoric ester groups is 2. The zero-order valence-corrected chi connectivity index (χ0v) is 71.3. The van der Waals surface area contributed by atoms with Crippen molar-refractivity contribution in [2.45, 2.75) is 445 Å². The number of nitrogens with one attached hydrogen (secondary N) is 4. The number of ether oxygens (including phenoxy) is 4. The molecule has 0 spiro atoms. The zero-order chi connectivity index (χ0) is 78.5. The molecular formula is C84H166N4O17P2. The van der Waals surface area contributed by atoms with E-state index in [0.29, 0.717) is 44.9 Å². The molecule has 0 fully saturated rings. The smallest absolute Gasteiger partial charge is 0.462 e. The van der Waals surface area contributed by atoms with Gasteiger partial charge < -0.3 is 50.0 Å². The molecule has 4 amide bonds. The van der Waals surface area contributed by atoms with Crippen LogP contribution in [0.5, 0.6) is 0 Å². The van der Waals surface area contributed by atoms with E-state index in [1.165, 1.54) is 167 Å². The predicted molar refractivity (Wildman–Crippen MR) is 437 cm³/mol. The van der Waals surface area contributed by atoms with E-state index in [9.17, 15) is 42.9 Å². The molecule has 0 rings (SSSR count). The van der Waals surface area contributed by atoms with Gasteiger partial charge in [0.1, 0.15) is 12.2 Å². The van der Waals surface area contributed by atoms with Gasteiger partial charge in [0, 0.05) is 51.6 Å². The summed E-state index contributed by atoms with van der Waals surface area (Å²) in [6.45, 7) is 12.2. The number of carbonyl (C=O) groups excluding carboxylic acids is 5. The first-order chi connectivity index (χ1) is 52.0. The lowest BCUT2D eigenvalue weighted by molar-refractivity contribution is -0.151. The van der Waals surface area contributed by atoms with Crippen LogP contribution >= 0.6 is 15.6 Å². The lowest BCUT2D eigenvalue weighted by Gasteiger charge is -2.22. The zero-order valence-electron chi connectivity index (χ0n) is 69.5. The van der Waals surface area contributed by atoms with Crippen LogP contribution in [0.1, 0.15) is 420 Å². The van der Waals surface area contributed by atoms with Crippen LogP contribution in [0, 0.1) is 0 Å². The van der Waals surface area contributed by atoms with Gasteiger partial charge in [-0.3, -0.25) is 37.3 Å². The molecule has 2 unspecified atom stereocenters. The fourth-order valence-electron chi connectivity index (χ4n) is 13.1. The van der Waals surface area contributed by atoms with Crippen molar-refractivity contribution < 1.29 is 79.9 Å². The second-order valence-corrected chi connectivity index (χ2v) is 33.3. The molecule has 0 saturated carbocycles. The molecule has 0 aliphatic carbocycles. The maximum Gasteiger partial charge on any atom is 0.472 e. The van der Waals surface area contributed by atoms with Crippen LogP contribution in [0.3, 0.4) is 0 Å². The lowest BCUT2D eigenvalue weighted by Crippen LogP contribution is -2.41. The Kier molecular flexibility index (Phi) is 76.6. The molecule has 0 aliphatic rings. The van der Waals surface area contributed by atoms with E-state index in [0.717, 1.165) is 154 Å². The van der Waals surface area contributed by atoms with E-state index in [2.05, 4.69) is 62.8 Å². The number of unbranched alkanes of at least 4 members (excludes halogenated alkanes) is 44. The third-order valence-electron chi connectivity index (χ3n) is 19.8. The van der Waals surface area contributed by atoms with E-state index >= 15 is 0 Å². The van der Waals surface area contributed by atoms with E-state index in [4.69, 9.17) is 37.0 Å². The van der Waals surface area contributed by atoms with E-state index in [-0.39, 0.29) is 115 Å². The first-order valence-electron chi connectivity index (χ1n) is 44.4. The molecule has 0 bridgehead atoms. The standard InChI is InChI=1S/C84H166N4O17P2/c1-7-13-19-25-29-33-35-39-41-47-53-60-80(89)87-76(72-98-69-64-78(58-51-45-23-17-11-5)104-82(91)62-55-49-43-37-31-27-21-15-9-3)74-102-106(94,95)100-68-57-66-85-84(93)86-67-71-101-107(96,97)103-75-77(88-81(90)61-54-48-42-40-36-34-30-26-20-14-8-2)73-99-70-65-79(59-52-46-24-18-12-6)105-83(92)63-56-50-44-38-32-28-22-16-10-4/h76-79H,7-75H2,1-6H3,(H,87,89)(H,88,90)(H,94,95)(H,96,97)(H2,85,86,93)/t76-,77+,78-,79-/m1/s1. The molecule has 6 atom stereocenters. The van der Waals surface area contributed by atoms with Gasteiger partial charge in [-0.2, -0.15) is 0 Å². The van der Waals surface area contributed by atoms with E-state index in [1.54, 1.807) is 0 Å². The highest BCUT2D eigenvalue weighted by atomic mass is 31.2. The second-order valence-electron chi connectivity index (χ2n) is 30.3. The molecule has 0 saturated heterocycles. The molecule has 0 heterocycles. The van der Waals surface area contributed by atoms with Gasteiger partial charge in [-0.1, -0.05) is 324 Å². The number of hydrogen-bond donors (Lipinski definition) is 6. The Balaban J connectivity index is 5.50. The average Bonchev–Trinajstić information content (AvgIpc) is 0.926. The molecule has 634 valence electrons. The fourth-order valence-corrected chi connectivity index (χ4v) is 14.6. The van der Waals surface area contributed by atoms with Crippen LogP contribution in [0.4, 0.5) is 4.79 Å². The van der Waals surface area contributed by atoms with Crippen molar-refractivity contribution in [2.24, 2.45) is 0 Å². The normalized spacial score (nSPS) is 13.9. The summed E-state index contributed by atoms with van der Waals surface area (Å²) in [6, 6.07) is -2.20. The number of carbonyl (C=O) groups is 5. The third-order valence-corrected chi connectivity index (χ3v) is 21.7. The minimum Gasteiger partial charge on any atom is -0.462 e. The second kappa shape index (κ2) is 78.6. The van der Waals surface area contributed by atoms with Crippen molar-refractivity contribution in [1.29, 1.82) is 0 Å². The Morgan fingerprint density at radius 2 is 0.561 bits per heavy atom. The Morgan fingerprint density at radius 3 is 0.879 bits per heavy atom. The summed E-state index contributed by atoms with van der Waals surface area (Å²) in [5, 5.41) is 11.0. The maximum atomic E-state index is 13.3. The molecule has 0 aromatic carbocycles. The SMILES string of the molecule is CCCCCCCCCCCCCC(=O)N[C@H](COCC[C@@H](CCCCCCC)OC(=O)CCCCCCCCCCC)COP(=O)(O)OCCCNC(=O)NCCOP(=O)(O)OC[C@H](COCC[C@@H](CCCCCCC)OC(=O)CCCCCCCCCCC)NC(=O)CCCCCCCCCCCCC. The van der Waals surface area contributed by atoms with Gasteiger partial charge in [-0.05, 0) is 57.8 Å². The van der Waals surface area contributed by atoms with Crippen molar-refractivity contribution in [1.82, 2.24) is 21.3 Å². The molecule has 21 nitrogen and oxygen atoms in total. The summed E-state index contributed by atoms with van der Waals surface area (Å²) in [5.74, 6) is -0.813. The minimum absolute atomic E-state index is 0.00994. The summed E-state index contributed by atoms with van der Waals surface area (Å²) in [4.78, 5) is 86.8. The van der Waals surface area contributed by atoms with Crippen molar-refractivity contribution in [2.75, 3.05) is 65.9 Å². The maximum absolute atomic E-state index is 13.3. The fraction of sp³-hybridized carbons (Fsp3) is 0.940. The molecule has 0 radical (unpaired) electrons. The Labute approximate surface area is 654 Å². The van der Waals surface area contributed by atoms with Gasteiger partial charge in [0.15, 0.2) is 0 Å². The van der Waals surface area contributed by atoms with Gasteiger partial charge in [0.25, 0.3) is 0 Å². The highest BCUT2D eigenvalue weighted by Gasteiger charge is 2.27. The highest BCUT2D eigenvalue weighted by Crippen LogP contribution is 2.44. The van der Waals surface area contributed by atoms with Crippen LogP contribution in [0.15, 0.2) is 0 Å². The Hall–Kier alpha value is -2.71. The monoisotopic (exact) mass is 1570 g/mol. The van der Waals surface area contributed by atoms with Crippen LogP contribution in [0.25, 0.3) is 0 Å². The van der Waals surface area contributed by atoms with Crippen LogP contribution in [0.2, 0.25) is 0 Å². The lowest BCUT2D eigenvalue weighted by atomic mass is 10.1. The molecular weight excluding hydrogens is 1400 g/mol. The Morgan fingerprint density at radius 1 is 0.290 bits per heavy atom. The number of hydrogen-bond acceptors (Lipinski definition) is 15. The van der Waals surface area contributed by atoms with Crippen molar-refractivity contribution >= 4 is 45.4 Å². The minimum atomic E-state index is -4.68. The van der Waals surface area contributed by atoms with Gasteiger partial charge >= 0.3 is 33.6 Å². The number of rotatable bonds is 85.